The molecule has 0 aromatic carbocycles. The lowest BCUT2D eigenvalue weighted by Gasteiger charge is -2.36. The van der Waals surface area contributed by atoms with Crippen molar-refractivity contribution < 1.29 is 13.2 Å². The van der Waals surface area contributed by atoms with Crippen molar-refractivity contribution in [3.05, 3.63) is 17.8 Å². The van der Waals surface area contributed by atoms with E-state index >= 15 is 0 Å². The Bertz CT molecular complexity index is 445. The Labute approximate surface area is 110 Å². The zero-order valence-electron chi connectivity index (χ0n) is 10.9. The van der Waals surface area contributed by atoms with E-state index in [1.807, 2.05) is 4.90 Å². The van der Waals surface area contributed by atoms with Crippen LogP contribution in [0, 0.1) is 0 Å². The van der Waals surface area contributed by atoms with Crippen LogP contribution in [-0.2, 0) is 6.18 Å². The smallest absolute Gasteiger partial charge is 0.396 e. The van der Waals surface area contributed by atoms with Crippen LogP contribution in [0.15, 0.2) is 12.3 Å². The molecular weight excluding hydrogens is 255 g/mol. The lowest BCUT2D eigenvalue weighted by Crippen LogP contribution is -2.40. The highest BCUT2D eigenvalue weighted by Gasteiger charge is 2.32. The number of nitrogens with zero attached hydrogens (tertiary/aromatic N) is 2. The summed E-state index contributed by atoms with van der Waals surface area (Å²) in [6, 6.07) is 1.30. The number of piperidine rings is 1. The third-order valence-electron chi connectivity index (χ3n) is 3.59. The van der Waals surface area contributed by atoms with E-state index in [9.17, 15) is 13.2 Å². The molecule has 6 heteroatoms. The third kappa shape index (κ3) is 2.93. The summed E-state index contributed by atoms with van der Waals surface area (Å²) in [5.74, 6) is 0.486. The van der Waals surface area contributed by atoms with Crippen molar-refractivity contribution in [2.75, 3.05) is 17.2 Å². The van der Waals surface area contributed by atoms with Crippen LogP contribution in [0.3, 0.4) is 0 Å². The van der Waals surface area contributed by atoms with Crippen LogP contribution in [0.2, 0.25) is 0 Å². The standard InChI is InChI=1S/C13H18F3N3/c1-2-10-5-3-4-6-19(10)12-11(17)7-9(8-18-12)13(14,15)16/h7-8,10H,2-6,17H2,1H3. The molecule has 0 spiro atoms. The molecule has 1 aliphatic rings. The highest BCUT2D eigenvalue weighted by molar-refractivity contribution is 5.64. The van der Waals surface area contributed by atoms with Crippen LogP contribution in [0.5, 0.6) is 0 Å². The number of anilines is 2. The average molecular weight is 273 g/mol. The van der Waals surface area contributed by atoms with Gasteiger partial charge in [0.1, 0.15) is 0 Å². The molecule has 19 heavy (non-hydrogen) atoms. The zero-order valence-corrected chi connectivity index (χ0v) is 10.9. The van der Waals surface area contributed by atoms with E-state index in [1.165, 1.54) is 0 Å². The number of alkyl halides is 3. The van der Waals surface area contributed by atoms with E-state index < -0.39 is 11.7 Å². The van der Waals surface area contributed by atoms with Crippen molar-refractivity contribution in [2.24, 2.45) is 0 Å². The summed E-state index contributed by atoms with van der Waals surface area (Å²) >= 11 is 0. The Kier molecular flexibility index (Phi) is 3.87. The summed E-state index contributed by atoms with van der Waals surface area (Å²) in [4.78, 5) is 5.99. The Morgan fingerprint density at radius 1 is 1.42 bits per heavy atom. The summed E-state index contributed by atoms with van der Waals surface area (Å²) in [5, 5.41) is 0. The lowest BCUT2D eigenvalue weighted by molar-refractivity contribution is -0.137. The maximum atomic E-state index is 12.6. The first-order chi connectivity index (χ1) is 8.93. The van der Waals surface area contributed by atoms with Crippen LogP contribution in [0.1, 0.15) is 38.2 Å². The second-order valence-electron chi connectivity index (χ2n) is 4.89. The minimum absolute atomic E-state index is 0.107. The van der Waals surface area contributed by atoms with Gasteiger partial charge in [-0.1, -0.05) is 6.92 Å². The predicted octanol–water partition coefficient (Wildman–Crippen LogP) is 3.45. The topological polar surface area (TPSA) is 42.2 Å². The Hall–Kier alpha value is -1.46. The van der Waals surface area contributed by atoms with Crippen LogP contribution in [-0.4, -0.2) is 17.6 Å². The van der Waals surface area contributed by atoms with Crippen LogP contribution in [0.25, 0.3) is 0 Å². The molecule has 106 valence electrons. The van der Waals surface area contributed by atoms with E-state index in [0.29, 0.717) is 11.9 Å². The quantitative estimate of drug-likeness (QED) is 0.897. The number of hydrogen-bond acceptors (Lipinski definition) is 3. The monoisotopic (exact) mass is 273 g/mol. The summed E-state index contributed by atoms with van der Waals surface area (Å²) in [7, 11) is 0. The average Bonchev–Trinajstić information content (AvgIpc) is 2.37. The largest absolute Gasteiger partial charge is 0.417 e. The van der Waals surface area contributed by atoms with Gasteiger partial charge in [0, 0.05) is 18.8 Å². The minimum Gasteiger partial charge on any atom is -0.396 e. The molecule has 1 atom stereocenters. The molecule has 1 aromatic rings. The summed E-state index contributed by atoms with van der Waals surface area (Å²) in [5.41, 5.74) is 5.08. The number of hydrogen-bond donors (Lipinski definition) is 1. The van der Waals surface area contributed by atoms with Crippen molar-refractivity contribution in [1.82, 2.24) is 4.98 Å². The van der Waals surface area contributed by atoms with Crippen LogP contribution < -0.4 is 10.6 Å². The Balaban J connectivity index is 2.30. The molecule has 0 amide bonds. The van der Waals surface area contributed by atoms with Gasteiger partial charge in [0.2, 0.25) is 0 Å². The number of rotatable bonds is 2. The number of pyridine rings is 1. The van der Waals surface area contributed by atoms with Gasteiger partial charge in [-0.25, -0.2) is 4.98 Å². The molecule has 3 nitrogen and oxygen atoms in total. The van der Waals surface area contributed by atoms with E-state index in [1.54, 1.807) is 0 Å². The molecular formula is C13H18F3N3. The number of halogens is 3. The molecule has 1 unspecified atom stereocenters. The molecule has 2 heterocycles. The van der Waals surface area contributed by atoms with Crippen molar-refractivity contribution in [1.29, 1.82) is 0 Å². The van der Waals surface area contributed by atoms with E-state index in [0.717, 1.165) is 44.5 Å². The van der Waals surface area contributed by atoms with Crippen molar-refractivity contribution in [3.8, 4) is 0 Å². The van der Waals surface area contributed by atoms with Crippen LogP contribution in [0.4, 0.5) is 24.7 Å². The van der Waals surface area contributed by atoms with Gasteiger partial charge in [0.25, 0.3) is 0 Å². The molecule has 0 saturated carbocycles. The maximum Gasteiger partial charge on any atom is 0.417 e. The van der Waals surface area contributed by atoms with Gasteiger partial charge >= 0.3 is 6.18 Å². The Morgan fingerprint density at radius 3 is 2.74 bits per heavy atom. The molecule has 1 aliphatic heterocycles. The van der Waals surface area contributed by atoms with E-state index in [-0.39, 0.29) is 5.69 Å². The molecule has 1 fully saturated rings. The third-order valence-corrected chi connectivity index (χ3v) is 3.59. The maximum absolute atomic E-state index is 12.6. The number of aromatic nitrogens is 1. The lowest BCUT2D eigenvalue weighted by atomic mass is 10.00. The van der Waals surface area contributed by atoms with Crippen molar-refractivity contribution in [2.45, 2.75) is 44.8 Å². The Morgan fingerprint density at radius 2 is 2.16 bits per heavy atom. The summed E-state index contributed by atoms with van der Waals surface area (Å²) in [6.45, 7) is 2.88. The fraction of sp³-hybridized carbons (Fsp3) is 0.615. The summed E-state index contributed by atoms with van der Waals surface area (Å²) in [6.07, 6.45) is 0.633. The molecule has 0 bridgehead atoms. The van der Waals surface area contributed by atoms with Gasteiger partial charge in [0.05, 0.1) is 11.3 Å². The number of nitrogens with two attached hydrogens (primary N) is 1. The second kappa shape index (κ2) is 5.27. The fourth-order valence-corrected chi connectivity index (χ4v) is 2.57. The van der Waals surface area contributed by atoms with Gasteiger partial charge in [-0.05, 0) is 31.7 Å². The molecule has 0 aliphatic carbocycles. The first kappa shape index (κ1) is 14.0. The minimum atomic E-state index is -4.40. The molecule has 2 N–H and O–H groups in total. The molecule has 0 radical (unpaired) electrons. The van der Waals surface area contributed by atoms with Crippen molar-refractivity contribution in [3.63, 3.8) is 0 Å². The highest BCUT2D eigenvalue weighted by Crippen LogP contribution is 2.34. The van der Waals surface area contributed by atoms with Crippen LogP contribution >= 0.6 is 0 Å². The van der Waals surface area contributed by atoms with E-state index in [2.05, 4.69) is 11.9 Å². The normalized spacial score (nSPS) is 20.6. The van der Waals surface area contributed by atoms with Gasteiger partial charge in [-0.3, -0.25) is 0 Å². The van der Waals surface area contributed by atoms with Gasteiger partial charge in [-0.15, -0.1) is 0 Å². The summed E-state index contributed by atoms with van der Waals surface area (Å²) < 4.78 is 37.7. The first-order valence-corrected chi connectivity index (χ1v) is 6.53. The second-order valence-corrected chi connectivity index (χ2v) is 4.89. The van der Waals surface area contributed by atoms with Gasteiger partial charge in [-0.2, -0.15) is 13.2 Å². The van der Waals surface area contributed by atoms with E-state index in [4.69, 9.17) is 5.73 Å². The SMILES string of the molecule is CCC1CCCCN1c1ncc(C(F)(F)F)cc1N. The van der Waals surface area contributed by atoms with Gasteiger partial charge < -0.3 is 10.6 Å². The molecule has 1 aromatic heterocycles. The predicted molar refractivity (Wildman–Crippen MR) is 68.9 cm³/mol. The molecule has 1 saturated heterocycles. The molecule has 2 rings (SSSR count). The highest BCUT2D eigenvalue weighted by atomic mass is 19.4. The van der Waals surface area contributed by atoms with Crippen molar-refractivity contribution >= 4 is 11.5 Å². The number of nitrogen functional groups attached to an aromatic ring is 1. The first-order valence-electron chi connectivity index (χ1n) is 6.53. The fourth-order valence-electron chi connectivity index (χ4n) is 2.57. The zero-order chi connectivity index (χ0) is 14.0. The van der Waals surface area contributed by atoms with Gasteiger partial charge in [0.15, 0.2) is 5.82 Å².